The maximum Gasteiger partial charge on any atom is 0.310 e. The second-order valence-electron chi connectivity index (χ2n) is 10.9. The highest BCUT2D eigenvalue weighted by molar-refractivity contribution is 5.98. The Morgan fingerprint density at radius 2 is 1.46 bits per heavy atom. The van der Waals surface area contributed by atoms with Crippen LogP contribution in [0, 0.1) is 29.6 Å². The van der Waals surface area contributed by atoms with Gasteiger partial charge in [-0.1, -0.05) is 93.9 Å². The van der Waals surface area contributed by atoms with Crippen LogP contribution < -0.4 is 0 Å². The summed E-state index contributed by atoms with van der Waals surface area (Å²) in [5, 5.41) is 0. The number of esters is 2. The van der Waals surface area contributed by atoms with E-state index in [1.54, 1.807) is 12.1 Å². The Hall–Kier alpha value is -3.21. The summed E-state index contributed by atoms with van der Waals surface area (Å²) in [6.45, 7) is 6.21. The van der Waals surface area contributed by atoms with Crippen LogP contribution in [0.3, 0.4) is 0 Å². The van der Waals surface area contributed by atoms with Gasteiger partial charge in [0.15, 0.2) is 12.4 Å². The third kappa shape index (κ3) is 6.76. The zero-order valence-electron chi connectivity index (χ0n) is 22.1. The number of ether oxygens (including phenoxy) is 2. The molecule has 0 unspecified atom stereocenters. The molecule has 0 bridgehead atoms. The van der Waals surface area contributed by atoms with Gasteiger partial charge in [-0.05, 0) is 54.6 Å². The van der Waals surface area contributed by atoms with Crippen LogP contribution in [0.4, 0.5) is 0 Å². The number of rotatable bonds is 8. The molecule has 2 aliphatic carbocycles. The summed E-state index contributed by atoms with van der Waals surface area (Å²) < 4.78 is 11.5. The lowest BCUT2D eigenvalue weighted by Gasteiger charge is -2.38. The van der Waals surface area contributed by atoms with Crippen LogP contribution in [-0.4, -0.2) is 30.4 Å². The normalized spacial score (nSPS) is 25.5. The third-order valence-electron chi connectivity index (χ3n) is 7.93. The summed E-state index contributed by atoms with van der Waals surface area (Å²) in [5.74, 6) is -1.02. The van der Waals surface area contributed by atoms with Crippen molar-refractivity contribution in [3.8, 4) is 11.1 Å². The van der Waals surface area contributed by atoms with Crippen LogP contribution in [0.25, 0.3) is 11.1 Å². The lowest BCUT2D eigenvalue weighted by molar-refractivity contribution is -0.168. The number of carbonyl (C=O) groups excluding carboxylic acids is 3. The Kier molecular flexibility index (Phi) is 8.96. The standard InChI is InChI=1S/C32H38O5/c1-21(2)26-18-13-22(3)19-30(26)37-32(35)28-12-8-7-11-27(28)31(34)36-20-29(33)25-16-14-24(15-17-25)23-9-5-4-6-10-23/h4-10,14-17,21-22,26-28,30H,11-13,18-20H2,1-3H3/t22-,26-,27-,28+,30-/m1/s1. The predicted molar refractivity (Wildman–Crippen MR) is 144 cm³/mol. The van der Waals surface area contributed by atoms with Gasteiger partial charge in [-0.3, -0.25) is 14.4 Å². The quantitative estimate of drug-likeness (QED) is 0.229. The van der Waals surface area contributed by atoms with E-state index in [0.29, 0.717) is 36.2 Å². The number of Topliss-reactive ketones (excluding diaryl/α,β-unsaturated/α-hetero) is 1. The first-order valence-corrected chi connectivity index (χ1v) is 13.5. The first kappa shape index (κ1) is 26.8. The molecule has 37 heavy (non-hydrogen) atoms. The molecule has 5 heteroatoms. The van der Waals surface area contributed by atoms with E-state index in [1.807, 2.05) is 54.6 Å². The van der Waals surface area contributed by atoms with E-state index in [-0.39, 0.29) is 24.5 Å². The van der Waals surface area contributed by atoms with Crippen LogP contribution in [0.1, 0.15) is 63.2 Å². The van der Waals surface area contributed by atoms with Gasteiger partial charge in [0.05, 0.1) is 11.8 Å². The molecule has 0 aliphatic heterocycles. The van der Waals surface area contributed by atoms with E-state index in [2.05, 4.69) is 20.8 Å². The number of allylic oxidation sites excluding steroid dienone is 2. The van der Waals surface area contributed by atoms with Crippen molar-refractivity contribution in [2.75, 3.05) is 6.61 Å². The van der Waals surface area contributed by atoms with Crippen LogP contribution >= 0.6 is 0 Å². The minimum atomic E-state index is -0.635. The molecule has 0 radical (unpaired) electrons. The Morgan fingerprint density at radius 1 is 0.838 bits per heavy atom. The maximum atomic E-state index is 13.2. The average Bonchev–Trinajstić information content (AvgIpc) is 2.92. The Balaban J connectivity index is 1.35. The van der Waals surface area contributed by atoms with Crippen molar-refractivity contribution in [3.05, 3.63) is 72.3 Å². The molecule has 2 aromatic rings. The summed E-state index contributed by atoms with van der Waals surface area (Å²) in [7, 11) is 0. The van der Waals surface area contributed by atoms with E-state index in [4.69, 9.17) is 9.47 Å². The molecule has 0 saturated heterocycles. The fourth-order valence-corrected chi connectivity index (χ4v) is 5.63. The van der Waals surface area contributed by atoms with E-state index < -0.39 is 17.8 Å². The van der Waals surface area contributed by atoms with Gasteiger partial charge in [-0.2, -0.15) is 0 Å². The molecule has 5 atom stereocenters. The number of hydrogen-bond donors (Lipinski definition) is 0. The van der Waals surface area contributed by atoms with Gasteiger partial charge < -0.3 is 9.47 Å². The predicted octanol–water partition coefficient (Wildman–Crippen LogP) is 6.67. The first-order valence-electron chi connectivity index (χ1n) is 13.5. The molecular formula is C32H38O5. The topological polar surface area (TPSA) is 69.7 Å². The van der Waals surface area contributed by atoms with E-state index in [0.717, 1.165) is 30.4 Å². The van der Waals surface area contributed by atoms with Crippen molar-refractivity contribution in [2.24, 2.45) is 29.6 Å². The third-order valence-corrected chi connectivity index (χ3v) is 7.93. The molecule has 1 saturated carbocycles. The first-order chi connectivity index (χ1) is 17.8. The molecule has 0 amide bonds. The number of ketones is 1. The molecular weight excluding hydrogens is 464 g/mol. The summed E-state index contributed by atoms with van der Waals surface area (Å²) >= 11 is 0. The van der Waals surface area contributed by atoms with Gasteiger partial charge >= 0.3 is 11.9 Å². The van der Waals surface area contributed by atoms with Crippen molar-refractivity contribution in [1.82, 2.24) is 0 Å². The molecule has 2 aromatic carbocycles. The Morgan fingerprint density at radius 3 is 2.11 bits per heavy atom. The molecule has 5 nitrogen and oxygen atoms in total. The summed E-state index contributed by atoms with van der Waals surface area (Å²) in [4.78, 5) is 38.9. The molecule has 2 aliphatic rings. The van der Waals surface area contributed by atoms with Gasteiger partial charge in [-0.15, -0.1) is 0 Å². The van der Waals surface area contributed by atoms with E-state index >= 15 is 0 Å². The summed E-state index contributed by atoms with van der Waals surface area (Å²) in [5.41, 5.74) is 2.56. The minimum Gasteiger partial charge on any atom is -0.462 e. The van der Waals surface area contributed by atoms with Gasteiger partial charge in [0.1, 0.15) is 6.10 Å². The number of carbonyl (C=O) groups is 3. The van der Waals surface area contributed by atoms with Crippen molar-refractivity contribution in [1.29, 1.82) is 0 Å². The van der Waals surface area contributed by atoms with Crippen molar-refractivity contribution in [2.45, 2.75) is 59.0 Å². The smallest absolute Gasteiger partial charge is 0.310 e. The van der Waals surface area contributed by atoms with Gasteiger partial charge in [0.25, 0.3) is 0 Å². The Bertz CT molecular complexity index is 1100. The maximum absolute atomic E-state index is 13.2. The zero-order valence-corrected chi connectivity index (χ0v) is 22.1. The lowest BCUT2D eigenvalue weighted by atomic mass is 9.75. The summed E-state index contributed by atoms with van der Waals surface area (Å²) in [6.07, 6.45) is 7.65. The molecule has 1 fully saturated rings. The number of benzene rings is 2. The fraction of sp³-hybridized carbons (Fsp3) is 0.469. The molecule has 0 heterocycles. The highest BCUT2D eigenvalue weighted by Gasteiger charge is 2.40. The van der Waals surface area contributed by atoms with Crippen molar-refractivity contribution >= 4 is 17.7 Å². The van der Waals surface area contributed by atoms with Gasteiger partial charge in [-0.25, -0.2) is 0 Å². The van der Waals surface area contributed by atoms with Crippen LogP contribution in [0.5, 0.6) is 0 Å². The fourth-order valence-electron chi connectivity index (χ4n) is 5.63. The molecule has 0 aromatic heterocycles. The van der Waals surface area contributed by atoms with Crippen molar-refractivity contribution < 1.29 is 23.9 Å². The van der Waals surface area contributed by atoms with E-state index in [1.165, 1.54) is 0 Å². The largest absolute Gasteiger partial charge is 0.462 e. The average molecular weight is 503 g/mol. The number of hydrogen-bond acceptors (Lipinski definition) is 5. The van der Waals surface area contributed by atoms with Crippen molar-refractivity contribution in [3.63, 3.8) is 0 Å². The molecule has 4 rings (SSSR count). The molecule has 0 N–H and O–H groups in total. The SMILES string of the molecule is CC(C)[C@H]1CC[C@@H](C)C[C@H]1OC(=O)[C@H]1CC=CC[C@H]1C(=O)OCC(=O)c1ccc(-c2ccccc2)cc1. The van der Waals surface area contributed by atoms with E-state index in [9.17, 15) is 14.4 Å². The highest BCUT2D eigenvalue weighted by Crippen LogP contribution is 2.37. The summed E-state index contributed by atoms with van der Waals surface area (Å²) in [6, 6.07) is 17.2. The Labute approximate surface area is 220 Å². The minimum absolute atomic E-state index is 0.112. The van der Waals surface area contributed by atoms with Gasteiger partial charge in [0.2, 0.25) is 0 Å². The zero-order chi connectivity index (χ0) is 26.4. The van der Waals surface area contributed by atoms with Gasteiger partial charge in [0, 0.05) is 5.56 Å². The van der Waals surface area contributed by atoms with Crippen LogP contribution in [0.2, 0.25) is 0 Å². The highest BCUT2D eigenvalue weighted by atomic mass is 16.5. The molecule has 0 spiro atoms. The molecule has 196 valence electrons. The monoisotopic (exact) mass is 502 g/mol. The second kappa shape index (κ2) is 12.4. The second-order valence-corrected chi connectivity index (χ2v) is 10.9. The van der Waals surface area contributed by atoms with Crippen LogP contribution in [0.15, 0.2) is 66.7 Å². The van der Waals surface area contributed by atoms with Crippen LogP contribution in [-0.2, 0) is 19.1 Å². The lowest BCUT2D eigenvalue weighted by Crippen LogP contribution is -2.40.